The molecule has 1 aromatic carbocycles. The largest absolute Gasteiger partial charge is 0.493 e. The van der Waals surface area contributed by atoms with Crippen molar-refractivity contribution in [2.45, 2.75) is 19.8 Å². The van der Waals surface area contributed by atoms with E-state index >= 15 is 0 Å². The number of piperazine rings is 1. The molecule has 106 valence electrons. The minimum Gasteiger partial charge on any atom is -0.493 e. The fourth-order valence-corrected chi connectivity index (χ4v) is 2.50. The molecular weight excluding hydrogens is 260 g/mol. The van der Waals surface area contributed by atoms with Crippen LogP contribution in [0.4, 0.5) is 0 Å². The van der Waals surface area contributed by atoms with Crippen molar-refractivity contribution in [2.24, 2.45) is 0 Å². The van der Waals surface area contributed by atoms with E-state index in [-0.39, 0.29) is 0 Å². The maximum absolute atomic E-state index is 6.09. The van der Waals surface area contributed by atoms with E-state index in [0.717, 1.165) is 62.9 Å². The number of halogens is 1. The first-order valence-electron chi connectivity index (χ1n) is 7.14. The number of nitrogens with one attached hydrogen (secondary N) is 1. The van der Waals surface area contributed by atoms with Gasteiger partial charge in [-0.25, -0.2) is 0 Å². The molecule has 2 rings (SSSR count). The summed E-state index contributed by atoms with van der Waals surface area (Å²) in [5.41, 5.74) is 1.22. The molecule has 1 aliphatic rings. The van der Waals surface area contributed by atoms with Crippen LogP contribution in [-0.4, -0.2) is 44.2 Å². The first-order chi connectivity index (χ1) is 9.29. The molecule has 1 saturated heterocycles. The van der Waals surface area contributed by atoms with Crippen LogP contribution >= 0.6 is 11.6 Å². The Bertz CT molecular complexity index is 392. The van der Waals surface area contributed by atoms with Gasteiger partial charge in [-0.05, 0) is 36.6 Å². The summed E-state index contributed by atoms with van der Waals surface area (Å²) in [6.45, 7) is 8.41. The number of nitrogens with zero attached hydrogens (tertiary/aromatic N) is 1. The summed E-state index contributed by atoms with van der Waals surface area (Å²) < 4.78 is 5.79. The predicted octanol–water partition coefficient (Wildman–Crippen LogP) is 2.58. The van der Waals surface area contributed by atoms with Crippen molar-refractivity contribution < 1.29 is 4.74 Å². The van der Waals surface area contributed by atoms with Crippen LogP contribution in [0.3, 0.4) is 0 Å². The molecule has 3 nitrogen and oxygen atoms in total. The Hall–Kier alpha value is -0.770. The van der Waals surface area contributed by atoms with Crippen molar-refractivity contribution in [3.05, 3.63) is 28.8 Å². The number of hydrogen-bond acceptors (Lipinski definition) is 3. The minimum absolute atomic E-state index is 0.766. The standard InChI is InChI=1S/C15H23ClN2O/c1-2-11-19-15-4-3-14(16)12-13(15)5-8-18-9-6-17-7-10-18/h3-4,12,17H,2,5-11H2,1H3. The highest BCUT2D eigenvalue weighted by Crippen LogP contribution is 2.24. The van der Waals surface area contributed by atoms with Gasteiger partial charge in [0.25, 0.3) is 0 Å². The first kappa shape index (κ1) is 14.6. The van der Waals surface area contributed by atoms with Crippen LogP contribution in [0.15, 0.2) is 18.2 Å². The van der Waals surface area contributed by atoms with Crippen LogP contribution in [0.5, 0.6) is 5.75 Å². The maximum Gasteiger partial charge on any atom is 0.122 e. The third-order valence-electron chi connectivity index (χ3n) is 3.39. The Kier molecular flexibility index (Phi) is 5.95. The second kappa shape index (κ2) is 7.73. The average Bonchev–Trinajstić information content (AvgIpc) is 2.45. The molecule has 0 atom stereocenters. The molecule has 1 aliphatic heterocycles. The zero-order chi connectivity index (χ0) is 13.5. The van der Waals surface area contributed by atoms with Crippen LogP contribution in [0, 0.1) is 0 Å². The summed E-state index contributed by atoms with van der Waals surface area (Å²) in [6, 6.07) is 5.93. The van der Waals surface area contributed by atoms with Crippen molar-refractivity contribution in [2.75, 3.05) is 39.3 Å². The molecule has 0 unspecified atom stereocenters. The van der Waals surface area contributed by atoms with Crippen molar-refractivity contribution in [3.8, 4) is 5.75 Å². The molecular formula is C15H23ClN2O. The molecule has 0 saturated carbocycles. The van der Waals surface area contributed by atoms with E-state index < -0.39 is 0 Å². The Balaban J connectivity index is 1.94. The van der Waals surface area contributed by atoms with E-state index in [4.69, 9.17) is 16.3 Å². The van der Waals surface area contributed by atoms with Crippen molar-refractivity contribution in [1.29, 1.82) is 0 Å². The van der Waals surface area contributed by atoms with Crippen LogP contribution in [0.2, 0.25) is 5.02 Å². The molecule has 19 heavy (non-hydrogen) atoms. The zero-order valence-corrected chi connectivity index (χ0v) is 12.4. The van der Waals surface area contributed by atoms with Gasteiger partial charge in [0.15, 0.2) is 0 Å². The average molecular weight is 283 g/mol. The van der Waals surface area contributed by atoms with Gasteiger partial charge in [-0.2, -0.15) is 0 Å². The van der Waals surface area contributed by atoms with E-state index in [1.165, 1.54) is 5.56 Å². The lowest BCUT2D eigenvalue weighted by atomic mass is 10.1. The highest BCUT2D eigenvalue weighted by atomic mass is 35.5. The van der Waals surface area contributed by atoms with E-state index in [0.29, 0.717) is 0 Å². The molecule has 0 bridgehead atoms. The molecule has 0 amide bonds. The van der Waals surface area contributed by atoms with Gasteiger partial charge < -0.3 is 15.0 Å². The normalized spacial score (nSPS) is 16.5. The van der Waals surface area contributed by atoms with Gasteiger partial charge in [-0.1, -0.05) is 18.5 Å². The quantitative estimate of drug-likeness (QED) is 0.868. The van der Waals surface area contributed by atoms with Crippen LogP contribution < -0.4 is 10.1 Å². The monoisotopic (exact) mass is 282 g/mol. The van der Waals surface area contributed by atoms with Crippen molar-refractivity contribution in [1.82, 2.24) is 10.2 Å². The van der Waals surface area contributed by atoms with Crippen LogP contribution in [0.1, 0.15) is 18.9 Å². The number of hydrogen-bond donors (Lipinski definition) is 1. The molecule has 1 fully saturated rings. The second-order valence-electron chi connectivity index (χ2n) is 4.94. The summed E-state index contributed by atoms with van der Waals surface area (Å²) in [7, 11) is 0. The highest BCUT2D eigenvalue weighted by Gasteiger charge is 2.11. The smallest absolute Gasteiger partial charge is 0.122 e. The first-order valence-corrected chi connectivity index (χ1v) is 7.51. The lowest BCUT2D eigenvalue weighted by molar-refractivity contribution is 0.242. The summed E-state index contributed by atoms with van der Waals surface area (Å²) in [5.74, 6) is 0.987. The third kappa shape index (κ3) is 4.68. The van der Waals surface area contributed by atoms with Gasteiger partial charge in [0.05, 0.1) is 6.61 Å². The molecule has 4 heteroatoms. The van der Waals surface area contributed by atoms with Crippen molar-refractivity contribution in [3.63, 3.8) is 0 Å². The Morgan fingerprint density at radius 3 is 2.84 bits per heavy atom. The maximum atomic E-state index is 6.09. The Morgan fingerprint density at radius 1 is 1.32 bits per heavy atom. The number of rotatable bonds is 6. The van der Waals surface area contributed by atoms with Gasteiger partial charge in [0, 0.05) is 37.7 Å². The fraction of sp³-hybridized carbons (Fsp3) is 0.600. The topological polar surface area (TPSA) is 24.5 Å². The molecule has 0 spiro atoms. The number of ether oxygens (including phenoxy) is 1. The van der Waals surface area contributed by atoms with Gasteiger partial charge >= 0.3 is 0 Å². The summed E-state index contributed by atoms with van der Waals surface area (Å²) in [6.07, 6.45) is 2.03. The van der Waals surface area contributed by atoms with E-state index in [9.17, 15) is 0 Å². The second-order valence-corrected chi connectivity index (χ2v) is 5.38. The highest BCUT2D eigenvalue weighted by molar-refractivity contribution is 6.30. The summed E-state index contributed by atoms with van der Waals surface area (Å²) in [5, 5.41) is 4.16. The van der Waals surface area contributed by atoms with Crippen LogP contribution in [0.25, 0.3) is 0 Å². The van der Waals surface area contributed by atoms with Gasteiger partial charge in [0.1, 0.15) is 5.75 Å². The lowest BCUT2D eigenvalue weighted by Crippen LogP contribution is -2.44. The zero-order valence-electron chi connectivity index (χ0n) is 11.6. The molecule has 0 aromatic heterocycles. The Labute approximate surface area is 120 Å². The molecule has 0 radical (unpaired) electrons. The number of benzene rings is 1. The van der Waals surface area contributed by atoms with E-state index in [1.807, 2.05) is 18.2 Å². The molecule has 0 aliphatic carbocycles. The minimum atomic E-state index is 0.766. The van der Waals surface area contributed by atoms with Crippen molar-refractivity contribution >= 4 is 11.6 Å². The predicted molar refractivity (Wildman–Crippen MR) is 80.3 cm³/mol. The lowest BCUT2D eigenvalue weighted by Gasteiger charge is -2.27. The van der Waals surface area contributed by atoms with Gasteiger partial charge in [-0.15, -0.1) is 0 Å². The van der Waals surface area contributed by atoms with E-state index in [1.54, 1.807) is 0 Å². The molecule has 1 aromatic rings. The molecule has 1 N–H and O–H groups in total. The summed E-state index contributed by atoms with van der Waals surface area (Å²) in [4.78, 5) is 2.49. The van der Waals surface area contributed by atoms with Gasteiger partial charge in [-0.3, -0.25) is 0 Å². The van der Waals surface area contributed by atoms with Crippen LogP contribution in [-0.2, 0) is 6.42 Å². The third-order valence-corrected chi connectivity index (χ3v) is 3.63. The molecule has 1 heterocycles. The Morgan fingerprint density at radius 2 is 2.11 bits per heavy atom. The fourth-order valence-electron chi connectivity index (χ4n) is 2.31. The summed E-state index contributed by atoms with van der Waals surface area (Å²) >= 11 is 6.09. The SMILES string of the molecule is CCCOc1ccc(Cl)cc1CCN1CCNCC1. The van der Waals surface area contributed by atoms with E-state index in [2.05, 4.69) is 17.1 Å². The van der Waals surface area contributed by atoms with Gasteiger partial charge in [0.2, 0.25) is 0 Å².